The Hall–Kier alpha value is -1.85. The lowest BCUT2D eigenvalue weighted by Crippen LogP contribution is -2.43. The molecule has 2 aromatic rings. The Morgan fingerprint density at radius 1 is 1.04 bits per heavy atom. The van der Waals surface area contributed by atoms with E-state index in [9.17, 15) is 8.42 Å². The van der Waals surface area contributed by atoms with Crippen LogP contribution in [0.15, 0.2) is 60.7 Å². The second-order valence-electron chi connectivity index (χ2n) is 7.17. The van der Waals surface area contributed by atoms with Crippen molar-refractivity contribution in [3.63, 3.8) is 0 Å². The number of nitrogens with zero attached hydrogens (tertiary/aromatic N) is 2. The summed E-state index contributed by atoms with van der Waals surface area (Å²) in [5, 5.41) is 0. The van der Waals surface area contributed by atoms with Crippen molar-refractivity contribution in [2.24, 2.45) is 5.92 Å². The van der Waals surface area contributed by atoms with Gasteiger partial charge in [0.25, 0.3) is 0 Å². The number of sulfonamides is 1. The van der Waals surface area contributed by atoms with E-state index in [1.165, 1.54) is 11.8 Å². The van der Waals surface area contributed by atoms with Gasteiger partial charge in [-0.3, -0.25) is 4.31 Å². The highest BCUT2D eigenvalue weighted by Crippen LogP contribution is 2.23. The molecule has 0 N–H and O–H groups in total. The van der Waals surface area contributed by atoms with Crippen LogP contribution in [0.2, 0.25) is 0 Å². The molecule has 1 aliphatic heterocycles. The molecule has 0 aliphatic carbocycles. The molecule has 3 rings (SSSR count). The minimum Gasteiger partial charge on any atom is -0.303 e. The molecule has 140 valence electrons. The fourth-order valence-corrected chi connectivity index (χ4v) is 4.68. The molecule has 1 atom stereocenters. The summed E-state index contributed by atoms with van der Waals surface area (Å²) in [5.74, 6) is 0.370. The van der Waals surface area contributed by atoms with Gasteiger partial charge in [0, 0.05) is 19.6 Å². The maximum Gasteiger partial charge on any atom is 0.232 e. The first-order valence-electron chi connectivity index (χ1n) is 9.31. The minimum atomic E-state index is -3.28. The Balaban J connectivity index is 1.61. The largest absolute Gasteiger partial charge is 0.303 e. The summed E-state index contributed by atoms with van der Waals surface area (Å²) in [6, 6.07) is 20.0. The molecule has 0 unspecified atom stereocenters. The van der Waals surface area contributed by atoms with Crippen LogP contribution in [0.3, 0.4) is 0 Å². The Bertz CT molecular complexity index is 778. The summed E-state index contributed by atoms with van der Waals surface area (Å²) < 4.78 is 26.2. The van der Waals surface area contributed by atoms with Crippen molar-refractivity contribution in [2.75, 3.05) is 36.7 Å². The lowest BCUT2D eigenvalue weighted by atomic mass is 9.97. The van der Waals surface area contributed by atoms with Gasteiger partial charge in [-0.2, -0.15) is 0 Å². The molecule has 0 aromatic heterocycles. The number of hydrogen-bond donors (Lipinski definition) is 0. The number of benzene rings is 2. The van der Waals surface area contributed by atoms with Crippen molar-refractivity contribution in [1.82, 2.24) is 4.90 Å². The van der Waals surface area contributed by atoms with Crippen LogP contribution in [0, 0.1) is 5.92 Å². The zero-order chi connectivity index (χ0) is 18.4. The van der Waals surface area contributed by atoms with Crippen LogP contribution in [0.25, 0.3) is 0 Å². The summed E-state index contributed by atoms with van der Waals surface area (Å²) in [6.07, 6.45) is 4.56. The topological polar surface area (TPSA) is 40.6 Å². The average molecular weight is 373 g/mol. The molecule has 0 saturated carbocycles. The van der Waals surface area contributed by atoms with Crippen molar-refractivity contribution in [2.45, 2.75) is 19.3 Å². The zero-order valence-electron chi connectivity index (χ0n) is 15.4. The summed E-state index contributed by atoms with van der Waals surface area (Å²) in [5.41, 5.74) is 2.12. The highest BCUT2D eigenvalue weighted by molar-refractivity contribution is 7.92. The van der Waals surface area contributed by atoms with Crippen molar-refractivity contribution < 1.29 is 8.42 Å². The van der Waals surface area contributed by atoms with Crippen LogP contribution in [0.4, 0.5) is 5.69 Å². The first-order valence-corrected chi connectivity index (χ1v) is 11.2. The lowest BCUT2D eigenvalue weighted by molar-refractivity contribution is 0.180. The van der Waals surface area contributed by atoms with Crippen LogP contribution in [0.5, 0.6) is 0 Å². The fourth-order valence-electron chi connectivity index (χ4n) is 3.70. The molecule has 0 amide bonds. The van der Waals surface area contributed by atoms with Gasteiger partial charge in [0.2, 0.25) is 10.0 Å². The molecule has 1 fully saturated rings. The van der Waals surface area contributed by atoms with Gasteiger partial charge in [-0.1, -0.05) is 48.5 Å². The smallest absolute Gasteiger partial charge is 0.232 e. The van der Waals surface area contributed by atoms with Crippen LogP contribution in [-0.4, -0.2) is 45.8 Å². The average Bonchev–Trinajstić information content (AvgIpc) is 2.65. The number of hydrogen-bond acceptors (Lipinski definition) is 3. The maximum absolute atomic E-state index is 12.3. The summed E-state index contributed by atoms with van der Waals surface area (Å²) in [7, 11) is -3.28. The van der Waals surface area contributed by atoms with Crippen LogP contribution in [-0.2, 0) is 16.4 Å². The minimum absolute atomic E-state index is 0.370. The predicted octanol–water partition coefficient (Wildman–Crippen LogP) is 3.41. The van der Waals surface area contributed by atoms with E-state index in [-0.39, 0.29) is 0 Å². The Morgan fingerprint density at radius 3 is 2.35 bits per heavy atom. The van der Waals surface area contributed by atoms with Gasteiger partial charge in [0.05, 0.1) is 11.9 Å². The van der Waals surface area contributed by atoms with Gasteiger partial charge >= 0.3 is 0 Å². The van der Waals surface area contributed by atoms with Crippen molar-refractivity contribution >= 4 is 15.7 Å². The van der Waals surface area contributed by atoms with Gasteiger partial charge in [-0.15, -0.1) is 0 Å². The highest BCUT2D eigenvalue weighted by Gasteiger charge is 2.26. The number of likely N-dealkylation sites (tertiary alicyclic amines) is 1. The standard InChI is InChI=1S/C21H28N2O2S/c1-26(24,25)23(21-12-6-3-7-13-21)18-20-11-8-15-22(17-20)16-14-19-9-4-2-5-10-19/h2-7,9-10,12-13,20H,8,11,14-18H2,1H3/t20-/m1/s1. The maximum atomic E-state index is 12.3. The number of piperidine rings is 1. The predicted molar refractivity (Wildman–Crippen MR) is 108 cm³/mol. The van der Waals surface area contributed by atoms with Crippen LogP contribution < -0.4 is 4.31 Å². The van der Waals surface area contributed by atoms with Gasteiger partial charge in [0.15, 0.2) is 0 Å². The second-order valence-corrected chi connectivity index (χ2v) is 9.08. The van der Waals surface area contributed by atoms with Crippen LogP contribution >= 0.6 is 0 Å². The third kappa shape index (κ3) is 5.32. The Kier molecular flexibility index (Phi) is 6.33. The van der Waals surface area contributed by atoms with E-state index in [0.29, 0.717) is 12.5 Å². The van der Waals surface area contributed by atoms with Crippen molar-refractivity contribution in [3.8, 4) is 0 Å². The lowest BCUT2D eigenvalue weighted by Gasteiger charge is -2.35. The second kappa shape index (κ2) is 8.69. The van der Waals surface area contributed by atoms with Gasteiger partial charge in [-0.25, -0.2) is 8.42 Å². The quantitative estimate of drug-likeness (QED) is 0.748. The third-order valence-electron chi connectivity index (χ3n) is 5.03. The monoisotopic (exact) mass is 372 g/mol. The third-order valence-corrected chi connectivity index (χ3v) is 6.19. The van der Waals surface area contributed by atoms with Crippen LogP contribution in [0.1, 0.15) is 18.4 Å². The van der Waals surface area contributed by atoms with E-state index in [1.54, 1.807) is 4.31 Å². The Labute approximate surface area is 157 Å². The van der Waals surface area contributed by atoms with E-state index in [0.717, 1.165) is 44.6 Å². The molecular formula is C21H28N2O2S. The highest BCUT2D eigenvalue weighted by atomic mass is 32.2. The molecule has 1 saturated heterocycles. The number of rotatable bonds is 7. The van der Waals surface area contributed by atoms with E-state index >= 15 is 0 Å². The molecule has 1 heterocycles. The van der Waals surface area contributed by atoms with E-state index in [1.807, 2.05) is 36.4 Å². The number of anilines is 1. The molecule has 0 spiro atoms. The van der Waals surface area contributed by atoms with E-state index < -0.39 is 10.0 Å². The summed E-state index contributed by atoms with van der Waals surface area (Å²) >= 11 is 0. The van der Waals surface area contributed by atoms with Gasteiger partial charge in [-0.05, 0) is 49.4 Å². The van der Waals surface area contributed by atoms with Crippen molar-refractivity contribution in [1.29, 1.82) is 0 Å². The first kappa shape index (κ1) is 18.9. The zero-order valence-corrected chi connectivity index (χ0v) is 16.2. The summed E-state index contributed by atoms with van der Waals surface area (Å²) in [4.78, 5) is 2.48. The molecule has 0 radical (unpaired) electrons. The van der Waals surface area contributed by atoms with E-state index in [2.05, 4.69) is 29.2 Å². The molecular weight excluding hydrogens is 344 g/mol. The first-order chi connectivity index (χ1) is 12.5. The normalized spacial score (nSPS) is 18.6. The molecule has 5 heteroatoms. The molecule has 26 heavy (non-hydrogen) atoms. The molecule has 2 aromatic carbocycles. The van der Waals surface area contributed by atoms with Gasteiger partial charge in [0.1, 0.15) is 0 Å². The number of para-hydroxylation sites is 1. The SMILES string of the molecule is CS(=O)(=O)N(C[C@@H]1CCCN(CCc2ccccc2)C1)c1ccccc1. The summed E-state index contributed by atoms with van der Waals surface area (Å²) in [6.45, 7) is 3.66. The molecule has 0 bridgehead atoms. The fraction of sp³-hybridized carbons (Fsp3) is 0.429. The van der Waals surface area contributed by atoms with E-state index in [4.69, 9.17) is 0 Å². The van der Waals surface area contributed by atoms with Gasteiger partial charge < -0.3 is 4.90 Å². The molecule has 1 aliphatic rings. The van der Waals surface area contributed by atoms with Crippen molar-refractivity contribution in [3.05, 3.63) is 66.2 Å². The molecule has 4 nitrogen and oxygen atoms in total. The Morgan fingerprint density at radius 2 is 1.69 bits per heavy atom.